The average Bonchev–Trinajstić information content (AvgIpc) is 2.91. The van der Waals surface area contributed by atoms with Gasteiger partial charge in [-0.3, -0.25) is 19.8 Å². The normalized spacial score (nSPS) is 14.9. The number of benzene rings is 2. The molecule has 0 aliphatic carbocycles. The van der Waals surface area contributed by atoms with Crippen molar-refractivity contribution in [3.63, 3.8) is 0 Å². The van der Waals surface area contributed by atoms with Gasteiger partial charge in [0.25, 0.3) is 5.91 Å². The number of carbonyl (C=O) groups excluding carboxylic acids is 3. The predicted octanol–water partition coefficient (Wildman–Crippen LogP) is 4.21. The number of amides is 3. The number of likely N-dealkylation sites (tertiary alicyclic amines) is 1. The van der Waals surface area contributed by atoms with Gasteiger partial charge in [0.1, 0.15) is 18.0 Å². The maximum Gasteiger partial charge on any atom is 0.410 e. The van der Waals surface area contributed by atoms with E-state index in [1.165, 1.54) is 0 Å². The van der Waals surface area contributed by atoms with E-state index in [-0.39, 0.29) is 12.3 Å². The molecule has 1 aliphatic heterocycles. The highest BCUT2D eigenvalue weighted by Gasteiger charge is 2.40. The summed E-state index contributed by atoms with van der Waals surface area (Å²) < 4.78 is 11.4. The van der Waals surface area contributed by atoms with Crippen molar-refractivity contribution in [2.45, 2.75) is 57.8 Å². The molecule has 2 aromatic carbocycles. The fraction of sp³-hybridized carbons (Fsp3) is 0.379. The fourth-order valence-electron chi connectivity index (χ4n) is 4.59. The Morgan fingerprint density at radius 1 is 1.03 bits per heavy atom. The number of fused-ring (bicyclic) bond motifs is 1. The Bertz CT molecular complexity index is 1320. The molecule has 0 unspecified atom stereocenters. The van der Waals surface area contributed by atoms with Gasteiger partial charge in [0.05, 0.1) is 17.5 Å². The third kappa shape index (κ3) is 7.23. The third-order valence-electron chi connectivity index (χ3n) is 6.62. The van der Waals surface area contributed by atoms with Gasteiger partial charge in [-0.05, 0) is 70.0 Å². The number of hydrogen-bond acceptors (Lipinski definition) is 7. The van der Waals surface area contributed by atoms with Crippen molar-refractivity contribution in [2.75, 3.05) is 13.1 Å². The number of nitrogens with one attached hydrogen (secondary N) is 2. The summed E-state index contributed by atoms with van der Waals surface area (Å²) in [7, 11) is 0. The minimum atomic E-state index is -0.931. The molecule has 0 saturated carbocycles. The lowest BCUT2D eigenvalue weighted by Gasteiger charge is -2.42. The van der Waals surface area contributed by atoms with Crippen molar-refractivity contribution in [2.24, 2.45) is 0 Å². The maximum atomic E-state index is 13.2. The van der Waals surface area contributed by atoms with Gasteiger partial charge in [0.15, 0.2) is 0 Å². The summed E-state index contributed by atoms with van der Waals surface area (Å²) in [6, 6.07) is 16.5. The van der Waals surface area contributed by atoms with Crippen LogP contribution in [0.3, 0.4) is 0 Å². The highest BCUT2D eigenvalue weighted by atomic mass is 16.6. The van der Waals surface area contributed by atoms with Crippen molar-refractivity contribution < 1.29 is 29.1 Å². The highest BCUT2D eigenvalue weighted by molar-refractivity contribution is 5.95. The molecular weight excluding hydrogens is 500 g/mol. The summed E-state index contributed by atoms with van der Waals surface area (Å²) in [5.41, 5.74) is 2.39. The number of carbonyl (C=O) groups is 3. The molecule has 3 amide bonds. The molecular formula is C29H34N4O6. The topological polar surface area (TPSA) is 130 Å². The smallest absolute Gasteiger partial charge is 0.410 e. The van der Waals surface area contributed by atoms with Crippen LogP contribution in [0.1, 0.15) is 56.0 Å². The summed E-state index contributed by atoms with van der Waals surface area (Å²) >= 11 is 0. The first-order valence-electron chi connectivity index (χ1n) is 12.9. The molecule has 0 spiro atoms. The number of ether oxygens (including phenoxy) is 2. The van der Waals surface area contributed by atoms with Crippen molar-refractivity contribution >= 4 is 28.8 Å². The molecule has 4 rings (SSSR count). The fourth-order valence-corrected chi connectivity index (χ4v) is 4.59. The Morgan fingerprint density at radius 2 is 1.72 bits per heavy atom. The minimum Gasteiger partial charge on any atom is -0.489 e. The van der Waals surface area contributed by atoms with Crippen molar-refractivity contribution in [3.05, 3.63) is 71.9 Å². The second kappa shape index (κ2) is 11.7. The number of piperidine rings is 1. The van der Waals surface area contributed by atoms with E-state index in [0.717, 1.165) is 16.5 Å². The summed E-state index contributed by atoms with van der Waals surface area (Å²) in [4.78, 5) is 43.6. The van der Waals surface area contributed by atoms with Crippen LogP contribution in [-0.4, -0.2) is 57.2 Å². The van der Waals surface area contributed by atoms with Crippen LogP contribution in [-0.2, 0) is 16.1 Å². The van der Waals surface area contributed by atoms with Crippen LogP contribution in [0.5, 0.6) is 5.75 Å². The van der Waals surface area contributed by atoms with E-state index in [9.17, 15) is 14.4 Å². The Labute approximate surface area is 227 Å². The molecule has 1 saturated heterocycles. The number of para-hydroxylation sites is 1. The Hall–Kier alpha value is -4.18. The zero-order valence-electron chi connectivity index (χ0n) is 22.4. The largest absolute Gasteiger partial charge is 0.489 e. The van der Waals surface area contributed by atoms with Gasteiger partial charge in [-0.2, -0.15) is 0 Å². The van der Waals surface area contributed by atoms with E-state index in [1.807, 2.05) is 30.3 Å². The summed E-state index contributed by atoms with van der Waals surface area (Å²) in [5.74, 6) is -0.376. The highest BCUT2D eigenvalue weighted by Crippen LogP contribution is 2.28. The number of pyridine rings is 1. The number of hydrogen-bond donors (Lipinski definition) is 3. The lowest BCUT2D eigenvalue weighted by Crippen LogP contribution is -2.58. The second-order valence-corrected chi connectivity index (χ2v) is 10.7. The van der Waals surface area contributed by atoms with E-state index in [1.54, 1.807) is 61.6 Å². The van der Waals surface area contributed by atoms with Crippen LogP contribution in [0, 0.1) is 0 Å². The Balaban J connectivity index is 1.39. The first-order chi connectivity index (χ1) is 18.6. The van der Waals surface area contributed by atoms with Crippen LogP contribution < -0.4 is 15.5 Å². The first kappa shape index (κ1) is 27.8. The molecule has 206 valence electrons. The first-order valence-corrected chi connectivity index (χ1v) is 12.9. The SMILES string of the molecule is CC(C)(C)OC(=O)N1CCC(CC(=O)NO)(NC(=O)c2ccc(OCc3ccnc4ccccc34)cc2)CC1. The van der Waals surface area contributed by atoms with Gasteiger partial charge in [-0.1, -0.05) is 18.2 Å². The standard InChI is InChI=1S/C29H34N4O6/c1-28(2,3)39-27(36)33-16-13-29(14-17-33,18-25(34)32-37)31-26(35)20-8-10-22(11-9-20)38-19-21-12-15-30-24-7-5-4-6-23(21)24/h4-12,15,37H,13-14,16-19H2,1-3H3,(H,31,35)(H,32,34). The predicted molar refractivity (Wildman–Crippen MR) is 144 cm³/mol. The molecule has 0 radical (unpaired) electrons. The quantitative estimate of drug-likeness (QED) is 0.306. The number of hydroxylamine groups is 1. The summed E-state index contributed by atoms with van der Waals surface area (Å²) in [5, 5.41) is 13.1. The van der Waals surface area contributed by atoms with E-state index >= 15 is 0 Å². The monoisotopic (exact) mass is 534 g/mol. The zero-order chi connectivity index (χ0) is 28.0. The van der Waals surface area contributed by atoms with Crippen LogP contribution in [0.25, 0.3) is 10.9 Å². The number of nitrogens with zero attached hydrogens (tertiary/aromatic N) is 2. The Morgan fingerprint density at radius 3 is 2.38 bits per heavy atom. The molecule has 3 N–H and O–H groups in total. The van der Waals surface area contributed by atoms with Crippen molar-refractivity contribution in [1.29, 1.82) is 0 Å². The lowest BCUT2D eigenvalue weighted by atomic mass is 9.83. The van der Waals surface area contributed by atoms with Crippen LogP contribution in [0.4, 0.5) is 4.79 Å². The molecule has 1 aromatic heterocycles. The minimum absolute atomic E-state index is 0.127. The third-order valence-corrected chi connectivity index (χ3v) is 6.62. The van der Waals surface area contributed by atoms with Gasteiger partial charge in [-0.25, -0.2) is 10.3 Å². The van der Waals surface area contributed by atoms with Gasteiger partial charge in [0, 0.05) is 35.8 Å². The van der Waals surface area contributed by atoms with Crippen LogP contribution in [0.2, 0.25) is 0 Å². The molecule has 0 atom stereocenters. The van der Waals surface area contributed by atoms with Gasteiger partial charge in [0.2, 0.25) is 5.91 Å². The molecule has 39 heavy (non-hydrogen) atoms. The van der Waals surface area contributed by atoms with E-state index in [2.05, 4.69) is 10.3 Å². The number of aromatic nitrogens is 1. The molecule has 10 heteroatoms. The van der Waals surface area contributed by atoms with Crippen LogP contribution >= 0.6 is 0 Å². The van der Waals surface area contributed by atoms with Crippen molar-refractivity contribution in [3.8, 4) is 5.75 Å². The van der Waals surface area contributed by atoms with Gasteiger partial charge in [-0.15, -0.1) is 0 Å². The van der Waals surface area contributed by atoms with Gasteiger partial charge >= 0.3 is 6.09 Å². The average molecular weight is 535 g/mol. The molecule has 0 bridgehead atoms. The van der Waals surface area contributed by atoms with E-state index in [0.29, 0.717) is 43.9 Å². The van der Waals surface area contributed by atoms with Crippen molar-refractivity contribution in [1.82, 2.24) is 20.7 Å². The second-order valence-electron chi connectivity index (χ2n) is 10.7. The van der Waals surface area contributed by atoms with Gasteiger partial charge < -0.3 is 19.7 Å². The number of rotatable bonds is 7. The molecule has 1 aliphatic rings. The molecule has 1 fully saturated rings. The molecule has 10 nitrogen and oxygen atoms in total. The lowest BCUT2D eigenvalue weighted by molar-refractivity contribution is -0.131. The van der Waals surface area contributed by atoms with E-state index < -0.39 is 23.1 Å². The molecule has 2 heterocycles. The summed E-state index contributed by atoms with van der Waals surface area (Å²) in [6.45, 7) is 6.32. The maximum absolute atomic E-state index is 13.2. The zero-order valence-corrected chi connectivity index (χ0v) is 22.4. The van der Waals surface area contributed by atoms with E-state index in [4.69, 9.17) is 14.7 Å². The van der Waals surface area contributed by atoms with Crippen LogP contribution in [0.15, 0.2) is 60.8 Å². The molecule has 3 aromatic rings. The summed E-state index contributed by atoms with van der Waals surface area (Å²) in [6.07, 6.45) is 1.83. The Kier molecular flexibility index (Phi) is 8.35.